The lowest BCUT2D eigenvalue weighted by Gasteiger charge is -2.29. The first kappa shape index (κ1) is 19.6. The Kier molecular flexibility index (Phi) is 5.37. The van der Waals surface area contributed by atoms with Crippen molar-refractivity contribution in [1.82, 2.24) is 9.80 Å². The number of carbonyl (C=O) groups is 2. The minimum Gasteiger partial charge on any atom is -0.335 e. The van der Waals surface area contributed by atoms with Crippen molar-refractivity contribution in [2.45, 2.75) is 26.4 Å². The summed E-state index contributed by atoms with van der Waals surface area (Å²) in [5, 5.41) is 2.78. The molecule has 2 fully saturated rings. The molecule has 2 aliphatic heterocycles. The lowest BCUT2D eigenvalue weighted by atomic mass is 9.89. The van der Waals surface area contributed by atoms with E-state index in [9.17, 15) is 14.0 Å². The third kappa shape index (κ3) is 4.17. The van der Waals surface area contributed by atoms with Crippen molar-refractivity contribution < 1.29 is 14.0 Å². The van der Waals surface area contributed by atoms with Gasteiger partial charge in [0.15, 0.2) is 0 Å². The Labute approximate surface area is 170 Å². The molecule has 6 heteroatoms. The largest absolute Gasteiger partial charge is 0.335 e. The Hall–Kier alpha value is -2.73. The van der Waals surface area contributed by atoms with Gasteiger partial charge in [-0.2, -0.15) is 0 Å². The number of fused-ring (bicyclic) bond motifs is 1. The molecule has 2 saturated heterocycles. The molecule has 0 aromatic heterocycles. The quantitative estimate of drug-likeness (QED) is 0.863. The van der Waals surface area contributed by atoms with Crippen LogP contribution in [0.5, 0.6) is 0 Å². The van der Waals surface area contributed by atoms with Crippen molar-refractivity contribution in [3.63, 3.8) is 0 Å². The van der Waals surface area contributed by atoms with E-state index in [0.29, 0.717) is 11.8 Å². The van der Waals surface area contributed by atoms with Crippen LogP contribution in [-0.2, 0) is 16.1 Å². The lowest BCUT2D eigenvalue weighted by Crippen LogP contribution is -2.34. The standard InChI is InChI=1S/C23H26FN3O2/c1-15(28)25-21-8-6-17(7-9-21)11-26-12-19-13-27(16(2)29)23(22(19)14-26)18-4-3-5-20(24)10-18/h3-10,19,22-23H,11-14H2,1-2H3,(H,25,28)/t19-,22-,23+/m1/s1. The fourth-order valence-electron chi connectivity index (χ4n) is 4.86. The molecule has 152 valence electrons. The Morgan fingerprint density at radius 2 is 1.83 bits per heavy atom. The van der Waals surface area contributed by atoms with E-state index in [1.165, 1.54) is 18.6 Å². The molecule has 2 aromatic carbocycles. The lowest BCUT2D eigenvalue weighted by molar-refractivity contribution is -0.130. The van der Waals surface area contributed by atoms with E-state index in [-0.39, 0.29) is 23.7 Å². The number of hydrogen-bond acceptors (Lipinski definition) is 3. The normalized spacial score (nSPS) is 23.8. The molecule has 2 aromatic rings. The van der Waals surface area contributed by atoms with Crippen molar-refractivity contribution in [2.75, 3.05) is 25.0 Å². The molecule has 2 aliphatic rings. The van der Waals surface area contributed by atoms with Crippen molar-refractivity contribution in [3.8, 4) is 0 Å². The highest BCUT2D eigenvalue weighted by molar-refractivity contribution is 5.88. The summed E-state index contributed by atoms with van der Waals surface area (Å²) in [4.78, 5) is 27.7. The van der Waals surface area contributed by atoms with E-state index in [0.717, 1.165) is 37.4 Å². The maximum atomic E-state index is 13.8. The van der Waals surface area contributed by atoms with Gasteiger partial charge in [-0.25, -0.2) is 4.39 Å². The zero-order valence-corrected chi connectivity index (χ0v) is 16.8. The zero-order valence-electron chi connectivity index (χ0n) is 16.8. The fourth-order valence-corrected chi connectivity index (χ4v) is 4.86. The SMILES string of the molecule is CC(=O)Nc1ccc(CN2C[C@@H]3CN(C(C)=O)[C@@H](c4cccc(F)c4)[C@@H]3C2)cc1. The second-order valence-corrected chi connectivity index (χ2v) is 8.17. The third-order valence-corrected chi connectivity index (χ3v) is 6.01. The molecule has 2 amide bonds. The van der Waals surface area contributed by atoms with Crippen LogP contribution in [0, 0.1) is 17.7 Å². The van der Waals surface area contributed by atoms with E-state index in [2.05, 4.69) is 10.2 Å². The minimum absolute atomic E-state index is 0.0498. The van der Waals surface area contributed by atoms with Crippen molar-refractivity contribution in [2.24, 2.45) is 11.8 Å². The molecule has 3 atom stereocenters. The van der Waals surface area contributed by atoms with E-state index in [1.54, 1.807) is 19.1 Å². The van der Waals surface area contributed by atoms with Crippen molar-refractivity contribution >= 4 is 17.5 Å². The maximum absolute atomic E-state index is 13.8. The molecule has 5 nitrogen and oxygen atoms in total. The second-order valence-electron chi connectivity index (χ2n) is 8.17. The van der Waals surface area contributed by atoms with Gasteiger partial charge < -0.3 is 10.2 Å². The van der Waals surface area contributed by atoms with Gasteiger partial charge in [0, 0.05) is 51.6 Å². The van der Waals surface area contributed by atoms with E-state index < -0.39 is 0 Å². The van der Waals surface area contributed by atoms with Crippen LogP contribution in [0.25, 0.3) is 0 Å². The van der Waals surface area contributed by atoms with Gasteiger partial charge in [-0.15, -0.1) is 0 Å². The van der Waals surface area contributed by atoms with Gasteiger partial charge in [0.25, 0.3) is 0 Å². The van der Waals surface area contributed by atoms with Crippen molar-refractivity contribution in [1.29, 1.82) is 0 Å². The summed E-state index contributed by atoms with van der Waals surface area (Å²) in [5.41, 5.74) is 2.86. The van der Waals surface area contributed by atoms with Gasteiger partial charge in [-0.3, -0.25) is 14.5 Å². The molecule has 1 N–H and O–H groups in total. The molecule has 2 heterocycles. The van der Waals surface area contributed by atoms with Crippen LogP contribution in [0.4, 0.5) is 10.1 Å². The average molecular weight is 395 g/mol. The van der Waals surface area contributed by atoms with E-state index in [4.69, 9.17) is 0 Å². The minimum atomic E-state index is -0.261. The fraction of sp³-hybridized carbons (Fsp3) is 0.391. The van der Waals surface area contributed by atoms with Gasteiger partial charge in [-0.05, 0) is 41.3 Å². The number of halogens is 1. The van der Waals surface area contributed by atoms with Crippen LogP contribution in [0.2, 0.25) is 0 Å². The first-order chi connectivity index (χ1) is 13.9. The average Bonchev–Trinajstić information content (AvgIpc) is 3.20. The summed E-state index contributed by atoms with van der Waals surface area (Å²) >= 11 is 0. The molecular weight excluding hydrogens is 369 g/mol. The van der Waals surface area contributed by atoms with Crippen LogP contribution in [0.1, 0.15) is 31.0 Å². The van der Waals surface area contributed by atoms with Gasteiger partial charge in [0.2, 0.25) is 11.8 Å². The predicted molar refractivity (Wildman–Crippen MR) is 110 cm³/mol. The Balaban J connectivity index is 1.47. The molecule has 4 rings (SSSR count). The van der Waals surface area contributed by atoms with Gasteiger partial charge in [0.05, 0.1) is 6.04 Å². The van der Waals surface area contributed by atoms with Gasteiger partial charge in [0.1, 0.15) is 5.82 Å². The highest BCUT2D eigenvalue weighted by Crippen LogP contribution is 2.45. The smallest absolute Gasteiger partial charge is 0.221 e. The first-order valence-electron chi connectivity index (χ1n) is 10.0. The maximum Gasteiger partial charge on any atom is 0.221 e. The summed E-state index contributed by atoms with van der Waals surface area (Å²) in [6.45, 7) is 6.44. The summed E-state index contributed by atoms with van der Waals surface area (Å²) < 4.78 is 13.8. The summed E-state index contributed by atoms with van der Waals surface area (Å²) in [6, 6.07) is 14.5. The van der Waals surface area contributed by atoms with Gasteiger partial charge >= 0.3 is 0 Å². The van der Waals surface area contributed by atoms with Crippen LogP contribution in [-0.4, -0.2) is 41.2 Å². The number of anilines is 1. The number of rotatable bonds is 4. The van der Waals surface area contributed by atoms with Crippen LogP contribution < -0.4 is 5.32 Å². The molecule has 0 unspecified atom stereocenters. The number of carbonyl (C=O) groups excluding carboxylic acids is 2. The van der Waals surface area contributed by atoms with Crippen LogP contribution >= 0.6 is 0 Å². The number of likely N-dealkylation sites (tertiary alicyclic amines) is 2. The topological polar surface area (TPSA) is 52.7 Å². The third-order valence-electron chi connectivity index (χ3n) is 6.01. The molecule has 0 spiro atoms. The summed E-state index contributed by atoms with van der Waals surface area (Å²) in [7, 11) is 0. The molecule has 0 saturated carbocycles. The Morgan fingerprint density at radius 3 is 2.48 bits per heavy atom. The number of hydrogen-bond donors (Lipinski definition) is 1. The van der Waals surface area contributed by atoms with Crippen molar-refractivity contribution in [3.05, 3.63) is 65.5 Å². The molecule has 0 bridgehead atoms. The molecule has 29 heavy (non-hydrogen) atoms. The van der Waals surface area contributed by atoms with Crippen LogP contribution in [0.3, 0.4) is 0 Å². The zero-order chi connectivity index (χ0) is 20.5. The Bertz CT molecular complexity index is 915. The first-order valence-corrected chi connectivity index (χ1v) is 10.0. The summed E-state index contributed by atoms with van der Waals surface area (Å²) in [6.07, 6.45) is 0. The number of benzene rings is 2. The monoisotopic (exact) mass is 395 g/mol. The highest BCUT2D eigenvalue weighted by atomic mass is 19.1. The molecular formula is C23H26FN3O2. The number of amides is 2. The number of nitrogens with one attached hydrogen (secondary N) is 1. The highest BCUT2D eigenvalue weighted by Gasteiger charge is 2.48. The van der Waals surface area contributed by atoms with E-state index in [1.807, 2.05) is 35.2 Å². The molecule has 0 aliphatic carbocycles. The summed E-state index contributed by atoms with van der Waals surface area (Å²) in [5.74, 6) is 0.408. The van der Waals surface area contributed by atoms with Gasteiger partial charge in [-0.1, -0.05) is 24.3 Å². The van der Waals surface area contributed by atoms with E-state index >= 15 is 0 Å². The predicted octanol–water partition coefficient (Wildman–Crippen LogP) is 3.44. The number of nitrogens with zero attached hydrogens (tertiary/aromatic N) is 2. The second kappa shape index (κ2) is 7.95. The Morgan fingerprint density at radius 1 is 1.07 bits per heavy atom. The van der Waals surface area contributed by atoms with Crippen LogP contribution in [0.15, 0.2) is 48.5 Å². The molecule has 0 radical (unpaired) electrons.